The number of aromatic nitrogens is 1. The Morgan fingerprint density at radius 3 is 2.57 bits per heavy atom. The van der Waals surface area contributed by atoms with Gasteiger partial charge >= 0.3 is 0 Å². The summed E-state index contributed by atoms with van der Waals surface area (Å²) in [6, 6.07) is 9.61. The first-order valence-corrected chi connectivity index (χ1v) is 7.65. The highest BCUT2D eigenvalue weighted by molar-refractivity contribution is 7.92. The van der Waals surface area contributed by atoms with Gasteiger partial charge in [-0.05, 0) is 42.8 Å². The molecule has 5 nitrogen and oxygen atoms in total. The number of hydrogen-bond donors (Lipinski definition) is 2. The summed E-state index contributed by atoms with van der Waals surface area (Å²) in [5.74, 6) is 5.51. The lowest BCUT2D eigenvalue weighted by atomic mass is 10.2. The van der Waals surface area contributed by atoms with E-state index in [9.17, 15) is 8.42 Å². The van der Waals surface area contributed by atoms with Gasteiger partial charge in [-0.3, -0.25) is 4.72 Å². The fraction of sp³-hybridized carbons (Fsp3) is 0.133. The maximum atomic E-state index is 12.3. The Hall–Kier alpha value is -2.36. The van der Waals surface area contributed by atoms with Crippen LogP contribution in [0.3, 0.4) is 0 Å². The van der Waals surface area contributed by atoms with Crippen molar-refractivity contribution in [3.8, 4) is 11.8 Å². The summed E-state index contributed by atoms with van der Waals surface area (Å²) < 4.78 is 27.0. The Balaban J connectivity index is 2.26. The van der Waals surface area contributed by atoms with E-state index in [1.165, 1.54) is 18.3 Å². The Morgan fingerprint density at radius 1 is 1.24 bits per heavy atom. The molecular formula is C15H14N2O3S. The van der Waals surface area contributed by atoms with Crippen molar-refractivity contribution >= 4 is 15.8 Å². The molecule has 0 aliphatic rings. The van der Waals surface area contributed by atoms with E-state index in [-0.39, 0.29) is 11.5 Å². The molecule has 108 valence electrons. The summed E-state index contributed by atoms with van der Waals surface area (Å²) in [5.41, 5.74) is 1.38. The van der Waals surface area contributed by atoms with Gasteiger partial charge < -0.3 is 5.11 Å². The third-order valence-corrected chi connectivity index (χ3v) is 4.07. The zero-order chi connectivity index (χ0) is 15.3. The van der Waals surface area contributed by atoms with Crippen LogP contribution in [0.5, 0.6) is 0 Å². The van der Waals surface area contributed by atoms with Crippen LogP contribution >= 0.6 is 0 Å². The first-order valence-electron chi connectivity index (χ1n) is 6.17. The third kappa shape index (κ3) is 3.81. The molecule has 0 spiro atoms. The van der Waals surface area contributed by atoms with Gasteiger partial charge in [0.2, 0.25) is 0 Å². The van der Waals surface area contributed by atoms with Gasteiger partial charge in [-0.2, -0.15) is 0 Å². The molecule has 0 aliphatic heterocycles. The number of nitrogens with one attached hydrogen (secondary N) is 1. The summed E-state index contributed by atoms with van der Waals surface area (Å²) in [6.07, 6.45) is 1.53. The average molecular weight is 302 g/mol. The zero-order valence-electron chi connectivity index (χ0n) is 11.4. The number of aliphatic hydroxyl groups excluding tert-OH is 1. The molecule has 2 rings (SSSR count). The third-order valence-electron chi connectivity index (χ3n) is 2.72. The number of hydrogen-bond acceptors (Lipinski definition) is 4. The topological polar surface area (TPSA) is 79.3 Å². The molecule has 0 fully saturated rings. The fourth-order valence-corrected chi connectivity index (χ4v) is 2.72. The summed E-state index contributed by atoms with van der Waals surface area (Å²) in [7, 11) is -3.68. The van der Waals surface area contributed by atoms with Crippen molar-refractivity contribution in [2.75, 3.05) is 11.3 Å². The number of rotatable bonds is 3. The first-order chi connectivity index (χ1) is 10.0. The van der Waals surface area contributed by atoms with E-state index < -0.39 is 10.0 Å². The van der Waals surface area contributed by atoms with Gasteiger partial charge in [-0.1, -0.05) is 17.9 Å². The Kier molecular flexibility index (Phi) is 4.58. The van der Waals surface area contributed by atoms with E-state index in [2.05, 4.69) is 21.5 Å². The minimum Gasteiger partial charge on any atom is -0.384 e. The summed E-state index contributed by atoms with van der Waals surface area (Å²) >= 11 is 0. The van der Waals surface area contributed by atoms with Crippen molar-refractivity contribution in [2.24, 2.45) is 0 Å². The van der Waals surface area contributed by atoms with Crippen LogP contribution in [0, 0.1) is 18.8 Å². The van der Waals surface area contributed by atoms with E-state index in [0.29, 0.717) is 11.4 Å². The van der Waals surface area contributed by atoms with Gasteiger partial charge in [0, 0.05) is 11.8 Å². The van der Waals surface area contributed by atoms with Crippen LogP contribution in [-0.2, 0) is 10.0 Å². The van der Waals surface area contributed by atoms with Crippen LogP contribution in [0.1, 0.15) is 11.1 Å². The highest BCUT2D eigenvalue weighted by atomic mass is 32.2. The maximum Gasteiger partial charge on any atom is 0.263 e. The number of nitrogens with zero attached hydrogens (tertiary/aromatic N) is 1. The molecule has 0 radical (unpaired) electrons. The molecule has 0 atom stereocenters. The number of aliphatic hydroxyl groups is 1. The largest absolute Gasteiger partial charge is 0.384 e. The van der Waals surface area contributed by atoms with Crippen molar-refractivity contribution < 1.29 is 13.5 Å². The summed E-state index contributed by atoms with van der Waals surface area (Å²) in [6.45, 7) is 1.54. The van der Waals surface area contributed by atoms with Crippen molar-refractivity contribution in [3.05, 3.63) is 53.7 Å². The Labute approximate surface area is 123 Å². The summed E-state index contributed by atoms with van der Waals surface area (Å²) in [4.78, 5) is 4.13. The van der Waals surface area contributed by atoms with Crippen molar-refractivity contribution in [3.63, 3.8) is 0 Å². The number of aryl methyl sites for hydroxylation is 1. The Morgan fingerprint density at radius 2 is 1.95 bits per heavy atom. The van der Waals surface area contributed by atoms with E-state index in [4.69, 9.17) is 5.11 Å². The minimum absolute atomic E-state index is 0.127. The molecule has 2 N–H and O–H groups in total. The van der Waals surface area contributed by atoms with E-state index in [1.54, 1.807) is 31.2 Å². The molecule has 0 unspecified atom stereocenters. The quantitative estimate of drug-likeness (QED) is 0.843. The molecular weight excluding hydrogens is 288 g/mol. The van der Waals surface area contributed by atoms with Crippen molar-refractivity contribution in [1.29, 1.82) is 0 Å². The molecule has 21 heavy (non-hydrogen) atoms. The second-order valence-corrected chi connectivity index (χ2v) is 5.94. The molecule has 0 amide bonds. The van der Waals surface area contributed by atoms with E-state index >= 15 is 0 Å². The smallest absolute Gasteiger partial charge is 0.263 e. The van der Waals surface area contributed by atoms with Crippen LogP contribution in [0.4, 0.5) is 5.82 Å². The van der Waals surface area contributed by atoms with Crippen LogP contribution < -0.4 is 4.72 Å². The maximum absolute atomic E-state index is 12.3. The van der Waals surface area contributed by atoms with E-state index in [1.807, 2.05) is 0 Å². The molecule has 0 saturated carbocycles. The lowest BCUT2D eigenvalue weighted by Gasteiger charge is -2.09. The van der Waals surface area contributed by atoms with Gasteiger partial charge in [-0.25, -0.2) is 13.4 Å². The molecule has 1 aromatic carbocycles. The predicted octanol–water partition coefficient (Wildman–Crippen LogP) is 1.53. The number of anilines is 1. The molecule has 0 aliphatic carbocycles. The van der Waals surface area contributed by atoms with Gasteiger partial charge in [0.25, 0.3) is 10.0 Å². The van der Waals surface area contributed by atoms with Gasteiger partial charge in [0.1, 0.15) is 12.4 Å². The second-order valence-electron chi connectivity index (χ2n) is 4.26. The van der Waals surface area contributed by atoms with Crippen LogP contribution in [0.15, 0.2) is 47.5 Å². The normalized spacial score (nSPS) is 10.6. The molecule has 6 heteroatoms. The predicted molar refractivity (Wildman–Crippen MR) is 80.2 cm³/mol. The van der Waals surface area contributed by atoms with Crippen LogP contribution in [-0.4, -0.2) is 25.1 Å². The second kappa shape index (κ2) is 6.39. The Bertz CT molecular complexity index is 788. The molecule has 2 aromatic rings. The SMILES string of the molecule is Cc1cccnc1NS(=O)(=O)c1ccc(C#CCO)cc1. The number of sulfonamides is 1. The monoisotopic (exact) mass is 302 g/mol. The highest BCUT2D eigenvalue weighted by Crippen LogP contribution is 2.17. The molecule has 1 aromatic heterocycles. The molecule has 0 saturated heterocycles. The van der Waals surface area contributed by atoms with Crippen molar-refractivity contribution in [2.45, 2.75) is 11.8 Å². The molecule has 1 heterocycles. The highest BCUT2D eigenvalue weighted by Gasteiger charge is 2.15. The van der Waals surface area contributed by atoms with Gasteiger partial charge in [0.15, 0.2) is 0 Å². The number of benzene rings is 1. The van der Waals surface area contributed by atoms with Crippen molar-refractivity contribution in [1.82, 2.24) is 4.98 Å². The lowest BCUT2D eigenvalue weighted by Crippen LogP contribution is -2.14. The lowest BCUT2D eigenvalue weighted by molar-refractivity contribution is 0.350. The minimum atomic E-state index is -3.68. The zero-order valence-corrected chi connectivity index (χ0v) is 12.2. The number of pyridine rings is 1. The van der Waals surface area contributed by atoms with Gasteiger partial charge in [0.05, 0.1) is 4.90 Å². The van der Waals surface area contributed by atoms with Crippen LogP contribution in [0.2, 0.25) is 0 Å². The van der Waals surface area contributed by atoms with Crippen LogP contribution in [0.25, 0.3) is 0 Å². The fourth-order valence-electron chi connectivity index (χ4n) is 1.64. The molecule has 0 bridgehead atoms. The standard InChI is InChI=1S/C15H14N2O3S/c1-12-4-2-10-16-15(12)17-21(19,20)14-8-6-13(7-9-14)5-3-11-18/h2,4,6-10,18H,11H2,1H3,(H,16,17). The summed E-state index contributed by atoms with van der Waals surface area (Å²) in [5, 5.41) is 8.62. The average Bonchev–Trinajstić information content (AvgIpc) is 2.48. The van der Waals surface area contributed by atoms with Gasteiger partial charge in [-0.15, -0.1) is 0 Å². The van der Waals surface area contributed by atoms with E-state index in [0.717, 1.165) is 5.56 Å². The first kappa shape index (κ1) is 15.0.